The predicted octanol–water partition coefficient (Wildman–Crippen LogP) is 11.3. The van der Waals surface area contributed by atoms with E-state index in [4.69, 9.17) is 10.2 Å². The Balaban J connectivity index is 0.000000208. The molecule has 8 rings (SSSR count). The fourth-order valence-electron chi connectivity index (χ4n) is 7.73. The van der Waals surface area contributed by atoms with Crippen LogP contribution < -0.4 is 0 Å². The Morgan fingerprint density at radius 2 is 1.14 bits per heavy atom. The summed E-state index contributed by atoms with van der Waals surface area (Å²) in [6.45, 7) is 0.588. The van der Waals surface area contributed by atoms with Crippen LogP contribution in [0.1, 0.15) is 105 Å². The minimum absolute atomic E-state index is 0. The normalized spacial score (nSPS) is 14.2. The second-order valence-electron chi connectivity index (χ2n) is 13.0. The maximum atomic E-state index is 8.89. The molecule has 2 N–H and O–H groups in total. The molecule has 2 nitrogen and oxygen atoms in total. The summed E-state index contributed by atoms with van der Waals surface area (Å²) in [5, 5.41) is 23.4. The smallest absolute Gasteiger partial charge is 0.0431 e. The van der Waals surface area contributed by atoms with Crippen molar-refractivity contribution in [3.63, 3.8) is 0 Å². The Hall–Kier alpha value is -3.50. The standard InChI is InChI=1S/C22H24O.C22H20O.CH4.CH3.Pd/c2*23-15-4-2-1-3-6-16-9-10-19-12-11-17-7-5-8-18-13-14-20(16)22(19)21(17)18;;;/h5,7-9,12-14,23H,1-4,6,10-11,15H2;5,7-9,12-14,23H,1-2,4,10-11,15H2;1H4;1H3;/q;;;-1;. The molecule has 4 aliphatic rings. The molecule has 0 atom stereocenters. The van der Waals surface area contributed by atoms with Crippen LogP contribution in [0.4, 0.5) is 0 Å². The Kier molecular flexibility index (Phi) is 14.0. The molecule has 0 bridgehead atoms. The third-order valence-electron chi connectivity index (χ3n) is 10.1. The molecule has 4 aliphatic carbocycles. The van der Waals surface area contributed by atoms with E-state index in [1.807, 2.05) is 0 Å². The Bertz CT molecular complexity index is 1980. The zero-order valence-corrected chi connectivity index (χ0v) is 29.7. The minimum Gasteiger partial charge on any atom is -0.396 e. The summed E-state index contributed by atoms with van der Waals surface area (Å²) in [6, 6.07) is 22.4. The van der Waals surface area contributed by atoms with Gasteiger partial charge in [0.2, 0.25) is 0 Å². The second kappa shape index (κ2) is 17.9. The maximum absolute atomic E-state index is 8.89. The van der Waals surface area contributed by atoms with Crippen molar-refractivity contribution >= 4 is 43.8 Å². The Morgan fingerprint density at radius 3 is 1.80 bits per heavy atom. The van der Waals surface area contributed by atoms with E-state index in [-0.39, 0.29) is 41.9 Å². The molecule has 4 aromatic rings. The molecule has 258 valence electrons. The minimum atomic E-state index is 0. The van der Waals surface area contributed by atoms with Crippen molar-refractivity contribution in [2.75, 3.05) is 13.2 Å². The molecule has 0 radical (unpaired) electrons. The largest absolute Gasteiger partial charge is 0.396 e. The molecule has 0 fully saturated rings. The molecule has 0 amide bonds. The van der Waals surface area contributed by atoms with Crippen molar-refractivity contribution in [3.05, 3.63) is 126 Å². The van der Waals surface area contributed by atoms with Gasteiger partial charge in [0.05, 0.1) is 0 Å². The molecule has 3 heteroatoms. The zero-order chi connectivity index (χ0) is 31.3. The average molecular weight is 742 g/mol. The summed E-state index contributed by atoms with van der Waals surface area (Å²) in [6.07, 6.45) is 22.1. The van der Waals surface area contributed by atoms with Gasteiger partial charge in [0, 0.05) is 45.6 Å². The predicted molar refractivity (Wildman–Crippen MR) is 208 cm³/mol. The fourth-order valence-corrected chi connectivity index (χ4v) is 7.73. The topological polar surface area (TPSA) is 40.5 Å². The van der Waals surface area contributed by atoms with E-state index < -0.39 is 0 Å². The van der Waals surface area contributed by atoms with Gasteiger partial charge in [-0.15, -0.1) is 0 Å². The van der Waals surface area contributed by atoms with E-state index in [1.54, 1.807) is 0 Å². The van der Waals surface area contributed by atoms with Crippen LogP contribution in [-0.4, -0.2) is 23.4 Å². The van der Waals surface area contributed by atoms with Crippen molar-refractivity contribution in [2.45, 2.75) is 84.5 Å². The monoisotopic (exact) mass is 741 g/mol. The first-order valence-corrected chi connectivity index (χ1v) is 17.4. The van der Waals surface area contributed by atoms with Crippen LogP contribution in [0.15, 0.2) is 85.0 Å². The summed E-state index contributed by atoms with van der Waals surface area (Å²) >= 11 is 0. The number of hydrogen-bond donors (Lipinski definition) is 2. The molecule has 0 spiro atoms. The van der Waals surface area contributed by atoms with Gasteiger partial charge in [0.1, 0.15) is 0 Å². The van der Waals surface area contributed by atoms with Gasteiger partial charge in [-0.25, -0.2) is 0 Å². The van der Waals surface area contributed by atoms with Crippen LogP contribution in [0.5, 0.6) is 0 Å². The van der Waals surface area contributed by atoms with Crippen molar-refractivity contribution in [3.8, 4) is 11.8 Å². The number of benzene rings is 4. The third kappa shape index (κ3) is 7.96. The van der Waals surface area contributed by atoms with Crippen LogP contribution in [0, 0.1) is 19.3 Å². The molecular formula is C46H51O2Pd-. The molecule has 4 aromatic carbocycles. The van der Waals surface area contributed by atoms with Gasteiger partial charge in [-0.2, -0.15) is 0 Å². The van der Waals surface area contributed by atoms with Gasteiger partial charge in [0.15, 0.2) is 0 Å². The van der Waals surface area contributed by atoms with Crippen molar-refractivity contribution in [2.24, 2.45) is 0 Å². The van der Waals surface area contributed by atoms with E-state index in [1.165, 1.54) is 96.5 Å². The zero-order valence-electron chi connectivity index (χ0n) is 28.2. The number of allylic oxidation sites excluding steroid dienone is 8. The summed E-state index contributed by atoms with van der Waals surface area (Å²) < 4.78 is 0. The van der Waals surface area contributed by atoms with E-state index in [9.17, 15) is 0 Å². The quantitative estimate of drug-likeness (QED) is 0.0776. The third-order valence-corrected chi connectivity index (χ3v) is 10.1. The van der Waals surface area contributed by atoms with Gasteiger partial charge >= 0.3 is 0 Å². The van der Waals surface area contributed by atoms with Crippen LogP contribution in [-0.2, 0) is 33.3 Å². The molecule has 0 aromatic heterocycles. The van der Waals surface area contributed by atoms with E-state index in [0.29, 0.717) is 6.61 Å². The molecular weight excluding hydrogens is 691 g/mol. The molecule has 49 heavy (non-hydrogen) atoms. The first kappa shape index (κ1) is 38.3. The van der Waals surface area contributed by atoms with Gasteiger partial charge in [0.25, 0.3) is 0 Å². The van der Waals surface area contributed by atoms with E-state index in [0.717, 1.165) is 57.8 Å². The number of aliphatic hydroxyl groups is 2. The first-order valence-electron chi connectivity index (χ1n) is 17.4. The van der Waals surface area contributed by atoms with Crippen molar-refractivity contribution in [1.29, 1.82) is 0 Å². The number of aliphatic hydroxyl groups excluding tert-OH is 2. The second-order valence-corrected chi connectivity index (χ2v) is 13.0. The Morgan fingerprint density at radius 1 is 0.571 bits per heavy atom. The first-order chi connectivity index (χ1) is 22.8. The van der Waals surface area contributed by atoms with E-state index in [2.05, 4.69) is 96.8 Å². The van der Waals surface area contributed by atoms with Crippen LogP contribution in [0.25, 0.3) is 43.8 Å². The van der Waals surface area contributed by atoms with Gasteiger partial charge in [-0.05, 0) is 129 Å². The van der Waals surface area contributed by atoms with Gasteiger partial charge in [-0.3, -0.25) is 0 Å². The summed E-state index contributed by atoms with van der Waals surface area (Å²) in [4.78, 5) is 0. The Labute approximate surface area is 308 Å². The molecule has 0 heterocycles. The number of rotatable bonds is 9. The molecule has 0 aliphatic heterocycles. The van der Waals surface area contributed by atoms with Crippen molar-refractivity contribution < 1.29 is 30.6 Å². The maximum Gasteiger partial charge on any atom is 0.0431 e. The average Bonchev–Trinajstić information content (AvgIpc) is 3.10. The molecule has 0 saturated heterocycles. The van der Waals surface area contributed by atoms with Crippen LogP contribution >= 0.6 is 0 Å². The SMILES string of the molecule is C.OCCCCC#CC1=CCC2=CCc3cccc4ccc1c2c34.OCCCCCCC1=CCC2=CCc3cccc4ccc1c2c34.[CH3-].[Pd]. The number of unbranched alkanes of at least 4 members (excludes halogenated alkanes) is 5. The molecule has 0 unspecified atom stereocenters. The van der Waals surface area contributed by atoms with E-state index >= 15 is 0 Å². The molecule has 0 saturated carbocycles. The fraction of sp³-hybridized carbons (Fsp3) is 0.326. The number of hydrogen-bond acceptors (Lipinski definition) is 2. The summed E-state index contributed by atoms with van der Waals surface area (Å²) in [7, 11) is 0. The van der Waals surface area contributed by atoms with Gasteiger partial charge in [-0.1, -0.05) is 117 Å². The van der Waals surface area contributed by atoms with Crippen LogP contribution in [0.2, 0.25) is 0 Å². The summed E-state index contributed by atoms with van der Waals surface area (Å²) in [5.74, 6) is 6.65. The van der Waals surface area contributed by atoms with Gasteiger partial charge < -0.3 is 17.6 Å². The van der Waals surface area contributed by atoms with Crippen molar-refractivity contribution in [1.82, 2.24) is 0 Å². The van der Waals surface area contributed by atoms with Crippen LogP contribution in [0.3, 0.4) is 0 Å². The summed E-state index contributed by atoms with van der Waals surface area (Å²) in [5.41, 5.74) is 14.3.